The largest absolute Gasteiger partial charge is 0.507 e. The van der Waals surface area contributed by atoms with Gasteiger partial charge in [0, 0.05) is 24.2 Å². The van der Waals surface area contributed by atoms with Gasteiger partial charge in [-0.1, -0.05) is 6.92 Å². The maximum atomic E-state index is 12.0. The Hall–Kier alpha value is -2.57. The number of ketones is 1. The lowest BCUT2D eigenvalue weighted by atomic mass is 10.0. The van der Waals surface area contributed by atoms with Gasteiger partial charge in [0.2, 0.25) is 5.91 Å². The zero-order chi connectivity index (χ0) is 16.7. The van der Waals surface area contributed by atoms with E-state index in [0.29, 0.717) is 25.1 Å². The summed E-state index contributed by atoms with van der Waals surface area (Å²) < 4.78 is 0. The molecule has 0 unspecified atom stereocenters. The zero-order valence-corrected chi connectivity index (χ0v) is 12.7. The molecule has 0 aliphatic carbocycles. The molecule has 5 N–H and O–H groups in total. The maximum Gasteiger partial charge on any atom is 0.312 e. The van der Waals surface area contributed by atoms with E-state index in [4.69, 9.17) is 5.73 Å². The highest BCUT2D eigenvalue weighted by molar-refractivity contribution is 5.98. The Morgan fingerprint density at radius 2 is 2.00 bits per heavy atom. The molecular formula is C15H21N3O4. The third-order valence-corrected chi connectivity index (χ3v) is 3.21. The van der Waals surface area contributed by atoms with Gasteiger partial charge >= 0.3 is 6.03 Å². The van der Waals surface area contributed by atoms with E-state index < -0.39 is 6.03 Å². The van der Waals surface area contributed by atoms with Crippen LogP contribution in [0.1, 0.15) is 37.0 Å². The molecule has 0 aliphatic rings. The van der Waals surface area contributed by atoms with E-state index in [1.54, 1.807) is 13.0 Å². The van der Waals surface area contributed by atoms with E-state index in [-0.39, 0.29) is 28.9 Å². The highest BCUT2D eigenvalue weighted by Gasteiger charge is 2.14. The van der Waals surface area contributed by atoms with Crippen LogP contribution in [-0.4, -0.2) is 29.4 Å². The van der Waals surface area contributed by atoms with Crippen LogP contribution < -0.4 is 16.4 Å². The summed E-state index contributed by atoms with van der Waals surface area (Å²) in [7, 11) is 0. The molecule has 0 radical (unpaired) electrons. The molecule has 7 heteroatoms. The molecule has 0 fully saturated rings. The Labute approximate surface area is 128 Å². The molecule has 0 bridgehead atoms. The molecule has 1 aromatic carbocycles. The Bertz CT molecular complexity index is 572. The molecule has 1 rings (SSSR count). The number of nitrogens with two attached hydrogens (primary N) is 1. The molecule has 0 aliphatic heterocycles. The normalized spacial score (nSPS) is 11.5. The summed E-state index contributed by atoms with van der Waals surface area (Å²) in [6.07, 6.45) is 1.22. The number of anilines is 1. The molecular weight excluding hydrogens is 286 g/mol. The summed E-state index contributed by atoms with van der Waals surface area (Å²) in [6.45, 7) is 3.54. The summed E-state index contributed by atoms with van der Waals surface area (Å²) >= 11 is 0. The standard InChI is InChI=1S/C15H21N3O4/c1-9(4-3-7-17-15(16)22)14(21)18-11-5-6-12(10(2)19)13(20)8-11/h5-6,8-9,20H,3-4,7H2,1-2H3,(H,18,21)(H3,16,17,22)/t9-/m0/s1. The van der Waals surface area contributed by atoms with E-state index in [2.05, 4.69) is 10.6 Å². The minimum Gasteiger partial charge on any atom is -0.507 e. The lowest BCUT2D eigenvalue weighted by Gasteiger charge is -2.13. The van der Waals surface area contributed by atoms with Crippen molar-refractivity contribution < 1.29 is 19.5 Å². The van der Waals surface area contributed by atoms with E-state index >= 15 is 0 Å². The van der Waals surface area contributed by atoms with Crippen molar-refractivity contribution in [2.24, 2.45) is 11.7 Å². The maximum absolute atomic E-state index is 12.0. The lowest BCUT2D eigenvalue weighted by Crippen LogP contribution is -2.30. The fraction of sp³-hybridized carbons (Fsp3) is 0.400. The number of urea groups is 1. The average Bonchev–Trinajstić information content (AvgIpc) is 2.42. The Kier molecular flexibility index (Phi) is 6.37. The number of aromatic hydroxyl groups is 1. The van der Waals surface area contributed by atoms with Crippen LogP contribution in [-0.2, 0) is 4.79 Å². The molecule has 1 aromatic rings. The number of benzene rings is 1. The van der Waals surface area contributed by atoms with Gasteiger partial charge in [-0.15, -0.1) is 0 Å². The fourth-order valence-electron chi connectivity index (χ4n) is 1.92. The van der Waals surface area contributed by atoms with Crippen molar-refractivity contribution in [1.82, 2.24) is 5.32 Å². The molecule has 0 spiro atoms. The van der Waals surface area contributed by atoms with Crippen molar-refractivity contribution >= 4 is 23.4 Å². The molecule has 0 heterocycles. The third-order valence-electron chi connectivity index (χ3n) is 3.21. The van der Waals surface area contributed by atoms with Gasteiger partial charge in [-0.2, -0.15) is 0 Å². The second kappa shape index (κ2) is 8.02. The lowest BCUT2D eigenvalue weighted by molar-refractivity contribution is -0.119. The highest BCUT2D eigenvalue weighted by Crippen LogP contribution is 2.23. The number of phenolic OH excluding ortho intramolecular Hbond substituents is 1. The number of rotatable bonds is 7. The van der Waals surface area contributed by atoms with Crippen molar-refractivity contribution in [2.75, 3.05) is 11.9 Å². The molecule has 7 nitrogen and oxygen atoms in total. The monoisotopic (exact) mass is 307 g/mol. The van der Waals surface area contributed by atoms with Crippen molar-refractivity contribution in [3.8, 4) is 5.75 Å². The number of primary amides is 1. The van der Waals surface area contributed by atoms with Gasteiger partial charge in [0.25, 0.3) is 0 Å². The number of hydrogen-bond donors (Lipinski definition) is 4. The van der Waals surface area contributed by atoms with Crippen molar-refractivity contribution in [1.29, 1.82) is 0 Å². The van der Waals surface area contributed by atoms with Crippen LogP contribution in [0.3, 0.4) is 0 Å². The number of amides is 3. The van der Waals surface area contributed by atoms with Gasteiger partial charge in [0.05, 0.1) is 5.56 Å². The first-order valence-electron chi connectivity index (χ1n) is 6.99. The van der Waals surface area contributed by atoms with Crippen LogP contribution in [0.5, 0.6) is 5.75 Å². The van der Waals surface area contributed by atoms with Gasteiger partial charge < -0.3 is 21.5 Å². The second-order valence-corrected chi connectivity index (χ2v) is 5.11. The number of nitrogens with one attached hydrogen (secondary N) is 2. The molecule has 0 saturated heterocycles. The third kappa shape index (κ3) is 5.43. The van der Waals surface area contributed by atoms with Crippen LogP contribution in [0, 0.1) is 5.92 Å². The van der Waals surface area contributed by atoms with Gasteiger partial charge in [-0.25, -0.2) is 4.79 Å². The Balaban J connectivity index is 2.52. The number of Topliss-reactive ketones (excluding diaryl/α,β-unsaturated/α-hetero) is 1. The SMILES string of the molecule is CC(=O)c1ccc(NC(=O)[C@@H](C)CCCNC(N)=O)cc1O. The molecule has 0 aromatic heterocycles. The summed E-state index contributed by atoms with van der Waals surface area (Å²) in [6, 6.07) is 3.79. The van der Waals surface area contributed by atoms with E-state index in [1.807, 2.05) is 0 Å². The van der Waals surface area contributed by atoms with Crippen molar-refractivity contribution in [3.05, 3.63) is 23.8 Å². The minimum absolute atomic E-state index is 0.163. The minimum atomic E-state index is -0.585. The Morgan fingerprint density at radius 3 is 2.55 bits per heavy atom. The number of hydrogen-bond acceptors (Lipinski definition) is 4. The van der Waals surface area contributed by atoms with E-state index in [1.165, 1.54) is 19.1 Å². The highest BCUT2D eigenvalue weighted by atomic mass is 16.3. The number of carbonyl (C=O) groups excluding carboxylic acids is 3. The first-order valence-corrected chi connectivity index (χ1v) is 6.99. The summed E-state index contributed by atoms with van der Waals surface area (Å²) in [5.74, 6) is -0.868. The van der Waals surface area contributed by atoms with Crippen LogP contribution >= 0.6 is 0 Å². The molecule has 1 atom stereocenters. The van der Waals surface area contributed by atoms with Gasteiger partial charge in [0.15, 0.2) is 5.78 Å². The van der Waals surface area contributed by atoms with Crippen LogP contribution in [0.15, 0.2) is 18.2 Å². The zero-order valence-electron chi connectivity index (χ0n) is 12.7. The predicted octanol–water partition coefficient (Wildman–Crippen LogP) is 1.62. The van der Waals surface area contributed by atoms with Crippen molar-refractivity contribution in [2.45, 2.75) is 26.7 Å². The topological polar surface area (TPSA) is 122 Å². The first kappa shape index (κ1) is 17.5. The van der Waals surface area contributed by atoms with Crippen molar-refractivity contribution in [3.63, 3.8) is 0 Å². The second-order valence-electron chi connectivity index (χ2n) is 5.11. The van der Waals surface area contributed by atoms with Crippen LogP contribution in [0.4, 0.5) is 10.5 Å². The summed E-state index contributed by atoms with van der Waals surface area (Å²) in [5, 5.41) is 14.8. The smallest absolute Gasteiger partial charge is 0.312 e. The quantitative estimate of drug-likeness (QED) is 0.451. The average molecular weight is 307 g/mol. The van der Waals surface area contributed by atoms with Gasteiger partial charge in [-0.05, 0) is 31.9 Å². The van der Waals surface area contributed by atoms with Crippen LogP contribution in [0.2, 0.25) is 0 Å². The molecule has 3 amide bonds. The fourth-order valence-corrected chi connectivity index (χ4v) is 1.92. The van der Waals surface area contributed by atoms with Crippen LogP contribution in [0.25, 0.3) is 0 Å². The molecule has 120 valence electrons. The van der Waals surface area contributed by atoms with Gasteiger partial charge in [0.1, 0.15) is 5.75 Å². The van der Waals surface area contributed by atoms with Gasteiger partial charge in [-0.3, -0.25) is 9.59 Å². The summed E-state index contributed by atoms with van der Waals surface area (Å²) in [5.41, 5.74) is 5.58. The van der Waals surface area contributed by atoms with E-state index in [9.17, 15) is 19.5 Å². The van der Waals surface area contributed by atoms with E-state index in [0.717, 1.165) is 0 Å². The first-order chi connectivity index (χ1) is 10.3. The molecule has 0 saturated carbocycles. The Morgan fingerprint density at radius 1 is 1.32 bits per heavy atom. The molecule has 22 heavy (non-hydrogen) atoms. The summed E-state index contributed by atoms with van der Waals surface area (Å²) in [4.78, 5) is 33.7. The predicted molar refractivity (Wildman–Crippen MR) is 82.7 cm³/mol. The number of phenols is 1. The number of carbonyl (C=O) groups is 3.